The van der Waals surface area contributed by atoms with Crippen molar-refractivity contribution in [1.29, 1.82) is 0 Å². The molecule has 0 bridgehead atoms. The first kappa shape index (κ1) is 38.5. The molecule has 3 N–H and O–H groups in total. The second-order valence-corrected chi connectivity index (χ2v) is 13.7. The van der Waals surface area contributed by atoms with Crippen LogP contribution < -0.4 is 15.6 Å². The van der Waals surface area contributed by atoms with Crippen molar-refractivity contribution in [3.8, 4) is 5.75 Å². The maximum Gasteiger partial charge on any atom is 0.306 e. The summed E-state index contributed by atoms with van der Waals surface area (Å²) < 4.78 is 18.0. The molecular weight excluding hydrogens is 672 g/mol. The third kappa shape index (κ3) is 10.2. The Labute approximate surface area is 309 Å². The Balaban J connectivity index is 1.53. The van der Waals surface area contributed by atoms with Gasteiger partial charge < -0.3 is 19.3 Å². The van der Waals surface area contributed by atoms with E-state index in [1.165, 1.54) is 0 Å². The molecule has 0 saturated carbocycles. The number of hydrogen-bond acceptors (Lipinski definition) is 9. The Morgan fingerprint density at radius 2 is 1.60 bits per heavy atom. The van der Waals surface area contributed by atoms with Crippen molar-refractivity contribution >= 4 is 17.8 Å². The zero-order chi connectivity index (χ0) is 37.7. The molecule has 0 fully saturated rings. The highest BCUT2D eigenvalue weighted by molar-refractivity contribution is 6.01. The van der Waals surface area contributed by atoms with Crippen molar-refractivity contribution in [3.05, 3.63) is 147 Å². The predicted octanol–water partition coefficient (Wildman–Crippen LogP) is 7.09. The highest BCUT2D eigenvalue weighted by atomic mass is 16.6. The predicted molar refractivity (Wildman–Crippen MR) is 202 cm³/mol. The lowest BCUT2D eigenvalue weighted by Gasteiger charge is -2.32. The average Bonchev–Trinajstić information content (AvgIpc) is 3.56. The highest BCUT2D eigenvalue weighted by Gasteiger charge is 2.54. The zero-order valence-electron chi connectivity index (χ0n) is 30.3. The number of aliphatic imine (C=N–C) groups is 1. The summed E-state index contributed by atoms with van der Waals surface area (Å²) in [5.74, 6) is -0.292. The molecule has 5 rings (SSSR count). The summed E-state index contributed by atoms with van der Waals surface area (Å²) >= 11 is 0. The number of hydrazine groups is 1. The molecule has 1 aliphatic rings. The molecular formula is C41H46N6O6. The van der Waals surface area contributed by atoms with Crippen molar-refractivity contribution in [2.75, 3.05) is 19.8 Å². The second-order valence-electron chi connectivity index (χ2n) is 13.7. The fourth-order valence-corrected chi connectivity index (χ4v) is 6.21. The number of nitrogens with one attached hydrogen (secondary N) is 2. The molecule has 2 atom stereocenters. The van der Waals surface area contributed by atoms with Crippen molar-refractivity contribution < 1.29 is 28.9 Å². The monoisotopic (exact) mass is 718 g/mol. The molecule has 12 nitrogen and oxygen atoms in total. The van der Waals surface area contributed by atoms with Crippen LogP contribution in [0.4, 0.5) is 0 Å². The van der Waals surface area contributed by atoms with E-state index in [4.69, 9.17) is 29.8 Å². The van der Waals surface area contributed by atoms with E-state index < -0.39 is 29.1 Å². The topological polar surface area (TPSA) is 167 Å². The number of benzene rings is 4. The van der Waals surface area contributed by atoms with Gasteiger partial charge in [0.25, 0.3) is 5.91 Å². The van der Waals surface area contributed by atoms with Gasteiger partial charge in [-0.3, -0.25) is 15.0 Å². The van der Waals surface area contributed by atoms with Gasteiger partial charge in [0.1, 0.15) is 11.4 Å². The van der Waals surface area contributed by atoms with Crippen LogP contribution in [-0.4, -0.2) is 53.8 Å². The van der Waals surface area contributed by atoms with E-state index in [9.17, 15) is 9.59 Å². The lowest BCUT2D eigenvalue weighted by atomic mass is 9.82. The van der Waals surface area contributed by atoms with Gasteiger partial charge in [-0.25, -0.2) is 10.4 Å². The molecule has 0 spiro atoms. The van der Waals surface area contributed by atoms with Crippen LogP contribution in [0.25, 0.3) is 10.4 Å². The normalized spacial score (nSPS) is 16.6. The molecule has 0 saturated heterocycles. The van der Waals surface area contributed by atoms with Crippen LogP contribution in [0.5, 0.6) is 5.75 Å². The minimum absolute atomic E-state index is 0.0135. The Bertz CT molecular complexity index is 1850. The van der Waals surface area contributed by atoms with E-state index in [-0.39, 0.29) is 37.8 Å². The summed E-state index contributed by atoms with van der Waals surface area (Å²) in [7, 11) is 0. The average molecular weight is 719 g/mol. The molecule has 12 heteroatoms. The number of ether oxygens (including phenoxy) is 3. The van der Waals surface area contributed by atoms with E-state index >= 15 is 0 Å². The van der Waals surface area contributed by atoms with E-state index in [0.29, 0.717) is 42.0 Å². The quantitative estimate of drug-likeness (QED) is 0.0262. The fourth-order valence-electron chi connectivity index (χ4n) is 6.21. The summed E-state index contributed by atoms with van der Waals surface area (Å²) in [6.07, 6.45) is -0.696. The molecule has 276 valence electrons. The van der Waals surface area contributed by atoms with E-state index in [1.54, 1.807) is 45.0 Å². The number of aliphatic hydroxyl groups excluding tert-OH is 1. The van der Waals surface area contributed by atoms with E-state index in [1.807, 2.05) is 84.9 Å². The molecule has 0 unspecified atom stereocenters. The van der Waals surface area contributed by atoms with Crippen molar-refractivity contribution in [3.63, 3.8) is 0 Å². The maximum absolute atomic E-state index is 14.8. The minimum atomic E-state index is -1.66. The van der Waals surface area contributed by atoms with Gasteiger partial charge in [0.2, 0.25) is 5.90 Å². The van der Waals surface area contributed by atoms with Crippen LogP contribution in [0.3, 0.4) is 0 Å². The number of amides is 1. The Hall–Kier alpha value is -5.68. The van der Waals surface area contributed by atoms with E-state index in [2.05, 4.69) is 20.9 Å². The zero-order valence-corrected chi connectivity index (χ0v) is 30.3. The van der Waals surface area contributed by atoms with Crippen molar-refractivity contribution in [2.45, 2.75) is 69.7 Å². The van der Waals surface area contributed by atoms with Gasteiger partial charge in [0, 0.05) is 42.4 Å². The first-order valence-electron chi connectivity index (χ1n) is 17.7. The highest BCUT2D eigenvalue weighted by Crippen LogP contribution is 2.44. The smallest absolute Gasteiger partial charge is 0.306 e. The molecule has 53 heavy (non-hydrogen) atoms. The third-order valence-corrected chi connectivity index (χ3v) is 8.71. The molecule has 0 aromatic heterocycles. The number of carbonyl (C=O) groups excluding carboxylic acids is 2. The van der Waals surface area contributed by atoms with Gasteiger partial charge >= 0.3 is 5.97 Å². The van der Waals surface area contributed by atoms with E-state index in [0.717, 1.165) is 11.1 Å². The number of carbonyl (C=O) groups is 2. The lowest BCUT2D eigenvalue weighted by Crippen LogP contribution is -2.53. The van der Waals surface area contributed by atoms with Crippen LogP contribution in [0.2, 0.25) is 0 Å². The van der Waals surface area contributed by atoms with Crippen LogP contribution in [0.15, 0.2) is 119 Å². The van der Waals surface area contributed by atoms with Crippen LogP contribution >= 0.6 is 0 Å². The van der Waals surface area contributed by atoms with Crippen LogP contribution in [0.1, 0.15) is 79.9 Å². The molecule has 4 aromatic carbocycles. The molecule has 1 heterocycles. The SMILES string of the molecule is CC(C)(C)OC(=O)CC[C@]1(C(=O)NNCC(c2ccccc2)c2ccccc2)N=C(c2ccc(OCCCO)cc2)O[C@H]1c1ccccc1CN=[N+]=[N-]. The second kappa shape index (κ2) is 18.2. The minimum Gasteiger partial charge on any atom is -0.494 e. The first-order valence-corrected chi connectivity index (χ1v) is 17.7. The van der Waals surface area contributed by atoms with Gasteiger partial charge in [0.15, 0.2) is 11.6 Å². The summed E-state index contributed by atoms with van der Waals surface area (Å²) in [5, 5.41) is 12.9. The van der Waals surface area contributed by atoms with Crippen molar-refractivity contribution in [1.82, 2.24) is 10.9 Å². The number of hydrogen-bond donors (Lipinski definition) is 3. The molecule has 4 aromatic rings. The van der Waals surface area contributed by atoms with Crippen molar-refractivity contribution in [2.24, 2.45) is 10.1 Å². The number of nitrogens with zero attached hydrogens (tertiary/aromatic N) is 4. The Kier molecular flexibility index (Phi) is 13.2. The Morgan fingerprint density at radius 1 is 0.962 bits per heavy atom. The number of rotatable bonds is 17. The largest absolute Gasteiger partial charge is 0.494 e. The van der Waals surface area contributed by atoms with Crippen LogP contribution in [-0.2, 0) is 25.6 Å². The summed E-state index contributed by atoms with van der Waals surface area (Å²) in [6.45, 7) is 6.10. The standard InChI is InChI=1S/C41H46N6O6/c1-40(2,3)53-36(49)23-24-41(39(50)46-43-28-35(29-13-6-4-7-14-29)30-15-8-5-9-16-30)37(34-18-11-10-17-32(34)27-44-47-42)52-38(45-41)31-19-21-33(22-20-31)51-26-12-25-48/h4-11,13-22,35,37,43,48H,12,23-28H2,1-3H3,(H,46,50)/t37-,41-/m0/s1. The summed E-state index contributed by atoms with van der Waals surface area (Å²) in [6, 6.07) is 34.4. The van der Waals surface area contributed by atoms with Gasteiger partial charge in [-0.15, -0.1) is 0 Å². The molecule has 1 aliphatic heterocycles. The van der Waals surface area contributed by atoms with Gasteiger partial charge in [-0.05, 0) is 79.2 Å². The third-order valence-electron chi connectivity index (χ3n) is 8.71. The molecule has 0 aliphatic carbocycles. The number of aliphatic hydroxyl groups is 1. The lowest BCUT2D eigenvalue weighted by molar-refractivity contribution is -0.155. The van der Waals surface area contributed by atoms with Gasteiger partial charge in [0.05, 0.1) is 13.2 Å². The molecule has 0 radical (unpaired) electrons. The Morgan fingerprint density at radius 3 is 2.23 bits per heavy atom. The number of azide groups is 1. The van der Waals surface area contributed by atoms with Crippen LogP contribution in [0, 0.1) is 0 Å². The number of esters is 1. The van der Waals surface area contributed by atoms with Gasteiger partial charge in [-0.2, -0.15) is 0 Å². The fraction of sp³-hybridized carbons (Fsp3) is 0.341. The molecule has 1 amide bonds. The maximum atomic E-state index is 14.8. The first-order chi connectivity index (χ1) is 25.6. The summed E-state index contributed by atoms with van der Waals surface area (Å²) in [4.78, 5) is 35.9. The summed E-state index contributed by atoms with van der Waals surface area (Å²) in [5.41, 5.74) is 16.8. The van der Waals surface area contributed by atoms with Gasteiger partial charge in [-0.1, -0.05) is 90.0 Å².